The lowest BCUT2D eigenvalue weighted by atomic mass is 9.88. The van der Waals surface area contributed by atoms with Crippen LogP contribution in [-0.2, 0) is 0 Å². The molecule has 0 spiro atoms. The summed E-state index contributed by atoms with van der Waals surface area (Å²) in [6.45, 7) is 5.45. The summed E-state index contributed by atoms with van der Waals surface area (Å²) in [5.74, 6) is 1.51. The largest absolute Gasteiger partial charge is 0.396 e. The first kappa shape index (κ1) is 15.0. The first-order valence-corrected chi connectivity index (χ1v) is 7.71. The van der Waals surface area contributed by atoms with Gasteiger partial charge in [0.15, 0.2) is 0 Å². The van der Waals surface area contributed by atoms with E-state index in [0.29, 0.717) is 5.95 Å². The number of anilines is 2. The van der Waals surface area contributed by atoms with Crippen molar-refractivity contribution in [3.8, 4) is 0 Å². The Morgan fingerprint density at radius 1 is 1.35 bits per heavy atom. The second-order valence-electron chi connectivity index (χ2n) is 5.63. The summed E-state index contributed by atoms with van der Waals surface area (Å²) in [5.41, 5.74) is 0.121. The lowest BCUT2D eigenvalue weighted by Gasteiger charge is -2.25. The molecule has 3 N–H and O–H groups in total. The molecule has 2 rings (SSSR count). The minimum atomic E-state index is 0.121. The van der Waals surface area contributed by atoms with Crippen LogP contribution in [0.1, 0.15) is 26.7 Å². The van der Waals surface area contributed by atoms with Gasteiger partial charge in [-0.1, -0.05) is 13.8 Å². The highest BCUT2D eigenvalue weighted by molar-refractivity contribution is 7.16. The van der Waals surface area contributed by atoms with Gasteiger partial charge in [0.05, 0.1) is 5.39 Å². The average molecular weight is 294 g/mol. The summed E-state index contributed by atoms with van der Waals surface area (Å²) in [5, 5.41) is 18.5. The summed E-state index contributed by atoms with van der Waals surface area (Å²) in [7, 11) is 1.82. The SMILES string of the molecule is CNc1nc(NCC(C)(C)CCCO)c2ccsc2n1. The molecule has 20 heavy (non-hydrogen) atoms. The number of rotatable bonds is 7. The summed E-state index contributed by atoms with van der Waals surface area (Å²) < 4.78 is 0. The number of nitrogens with zero attached hydrogens (tertiary/aromatic N) is 2. The van der Waals surface area contributed by atoms with Crippen molar-refractivity contribution in [3.05, 3.63) is 11.4 Å². The molecule has 0 atom stereocenters. The van der Waals surface area contributed by atoms with Gasteiger partial charge in [-0.2, -0.15) is 4.98 Å². The molecule has 2 aromatic rings. The molecule has 0 aliphatic heterocycles. The van der Waals surface area contributed by atoms with Gasteiger partial charge in [-0.05, 0) is 29.7 Å². The van der Waals surface area contributed by atoms with E-state index in [1.807, 2.05) is 18.5 Å². The molecule has 0 aliphatic carbocycles. The molecular weight excluding hydrogens is 272 g/mol. The molecule has 2 aromatic heterocycles. The van der Waals surface area contributed by atoms with E-state index in [0.717, 1.165) is 35.4 Å². The van der Waals surface area contributed by atoms with Gasteiger partial charge in [0.25, 0.3) is 0 Å². The molecule has 110 valence electrons. The fourth-order valence-corrected chi connectivity index (χ4v) is 2.83. The first-order valence-electron chi connectivity index (χ1n) is 6.83. The zero-order valence-electron chi connectivity index (χ0n) is 12.2. The van der Waals surface area contributed by atoms with Crippen LogP contribution in [-0.4, -0.2) is 35.3 Å². The lowest BCUT2D eigenvalue weighted by molar-refractivity contribution is 0.248. The third-order valence-electron chi connectivity index (χ3n) is 3.29. The fraction of sp³-hybridized carbons (Fsp3) is 0.571. The molecule has 0 radical (unpaired) electrons. The minimum absolute atomic E-state index is 0.121. The smallest absolute Gasteiger partial charge is 0.225 e. The van der Waals surface area contributed by atoms with Crippen LogP contribution >= 0.6 is 11.3 Å². The number of thiophene rings is 1. The van der Waals surface area contributed by atoms with Crippen LogP contribution in [0.15, 0.2) is 11.4 Å². The Kier molecular flexibility index (Phi) is 4.77. The van der Waals surface area contributed by atoms with Gasteiger partial charge in [0.2, 0.25) is 5.95 Å². The van der Waals surface area contributed by atoms with Crippen LogP contribution in [0, 0.1) is 5.41 Å². The maximum Gasteiger partial charge on any atom is 0.225 e. The molecule has 0 bridgehead atoms. The number of aliphatic hydroxyl groups is 1. The number of hydrogen-bond acceptors (Lipinski definition) is 6. The molecule has 0 fully saturated rings. The Morgan fingerprint density at radius 3 is 2.85 bits per heavy atom. The van der Waals surface area contributed by atoms with E-state index < -0.39 is 0 Å². The molecular formula is C14H22N4OS. The fourth-order valence-electron chi connectivity index (χ4n) is 2.07. The standard InChI is InChI=1S/C14H22N4OS/c1-14(2,6-4-7-19)9-16-11-10-5-8-20-12(10)18-13(15-3)17-11/h5,8,19H,4,6-7,9H2,1-3H3,(H2,15,16,17,18). The molecule has 0 aromatic carbocycles. The molecule has 0 saturated carbocycles. The summed E-state index contributed by atoms with van der Waals surface area (Å²) in [4.78, 5) is 9.92. The number of nitrogens with one attached hydrogen (secondary N) is 2. The van der Waals surface area contributed by atoms with E-state index in [1.54, 1.807) is 11.3 Å². The average Bonchev–Trinajstić information content (AvgIpc) is 2.90. The number of hydrogen-bond donors (Lipinski definition) is 3. The Hall–Kier alpha value is -1.40. The Labute approximate surface area is 123 Å². The van der Waals surface area contributed by atoms with Crippen LogP contribution in [0.2, 0.25) is 0 Å². The molecule has 2 heterocycles. The summed E-state index contributed by atoms with van der Waals surface area (Å²) in [6.07, 6.45) is 1.81. The van der Waals surface area contributed by atoms with Crippen molar-refractivity contribution in [1.82, 2.24) is 9.97 Å². The quantitative estimate of drug-likeness (QED) is 0.732. The van der Waals surface area contributed by atoms with Gasteiger partial charge in [0, 0.05) is 20.2 Å². The van der Waals surface area contributed by atoms with E-state index in [4.69, 9.17) is 5.11 Å². The number of fused-ring (bicyclic) bond motifs is 1. The summed E-state index contributed by atoms with van der Waals surface area (Å²) in [6, 6.07) is 2.04. The molecule has 0 saturated heterocycles. The van der Waals surface area contributed by atoms with Gasteiger partial charge in [-0.3, -0.25) is 0 Å². The van der Waals surface area contributed by atoms with E-state index in [9.17, 15) is 0 Å². The van der Waals surface area contributed by atoms with Crippen molar-refractivity contribution in [2.24, 2.45) is 5.41 Å². The number of aliphatic hydroxyl groups excluding tert-OH is 1. The Morgan fingerprint density at radius 2 is 2.15 bits per heavy atom. The predicted molar refractivity (Wildman–Crippen MR) is 85.6 cm³/mol. The monoisotopic (exact) mass is 294 g/mol. The maximum absolute atomic E-state index is 8.95. The van der Waals surface area contributed by atoms with Crippen molar-refractivity contribution in [1.29, 1.82) is 0 Å². The van der Waals surface area contributed by atoms with Crippen LogP contribution in [0.5, 0.6) is 0 Å². The van der Waals surface area contributed by atoms with Crippen LogP contribution in [0.3, 0.4) is 0 Å². The van der Waals surface area contributed by atoms with Crippen LogP contribution in [0.4, 0.5) is 11.8 Å². The molecule has 6 heteroatoms. The molecule has 0 unspecified atom stereocenters. The zero-order chi connectivity index (χ0) is 14.6. The highest BCUT2D eigenvalue weighted by Gasteiger charge is 2.18. The van der Waals surface area contributed by atoms with E-state index in [1.165, 1.54) is 0 Å². The van der Waals surface area contributed by atoms with Gasteiger partial charge >= 0.3 is 0 Å². The molecule has 0 aliphatic rings. The van der Waals surface area contributed by atoms with Gasteiger partial charge in [-0.25, -0.2) is 4.98 Å². The molecule has 5 nitrogen and oxygen atoms in total. The summed E-state index contributed by atoms with van der Waals surface area (Å²) >= 11 is 1.61. The van der Waals surface area contributed by atoms with E-state index >= 15 is 0 Å². The second-order valence-corrected chi connectivity index (χ2v) is 6.52. The van der Waals surface area contributed by atoms with Crippen LogP contribution < -0.4 is 10.6 Å². The van der Waals surface area contributed by atoms with Crippen molar-refractivity contribution >= 4 is 33.3 Å². The third kappa shape index (κ3) is 3.58. The Balaban J connectivity index is 2.14. The maximum atomic E-state index is 8.95. The van der Waals surface area contributed by atoms with Gasteiger partial charge < -0.3 is 15.7 Å². The lowest BCUT2D eigenvalue weighted by Crippen LogP contribution is -2.24. The molecule has 0 amide bonds. The zero-order valence-corrected chi connectivity index (χ0v) is 13.0. The second kappa shape index (κ2) is 6.37. The minimum Gasteiger partial charge on any atom is -0.396 e. The van der Waals surface area contributed by atoms with Crippen LogP contribution in [0.25, 0.3) is 10.2 Å². The topological polar surface area (TPSA) is 70.1 Å². The van der Waals surface area contributed by atoms with Crippen molar-refractivity contribution in [2.45, 2.75) is 26.7 Å². The van der Waals surface area contributed by atoms with Crippen molar-refractivity contribution in [2.75, 3.05) is 30.8 Å². The van der Waals surface area contributed by atoms with Gasteiger partial charge in [0.1, 0.15) is 10.6 Å². The van der Waals surface area contributed by atoms with Crippen molar-refractivity contribution < 1.29 is 5.11 Å². The normalized spacial score (nSPS) is 11.8. The Bertz CT molecular complexity index is 567. The van der Waals surface area contributed by atoms with Gasteiger partial charge in [-0.15, -0.1) is 11.3 Å². The van der Waals surface area contributed by atoms with Crippen molar-refractivity contribution in [3.63, 3.8) is 0 Å². The highest BCUT2D eigenvalue weighted by Crippen LogP contribution is 2.28. The third-order valence-corrected chi connectivity index (χ3v) is 4.10. The number of aromatic nitrogens is 2. The highest BCUT2D eigenvalue weighted by atomic mass is 32.1. The van der Waals surface area contributed by atoms with E-state index in [2.05, 4.69) is 34.4 Å². The predicted octanol–water partition coefficient (Wildman–Crippen LogP) is 2.94. The van der Waals surface area contributed by atoms with E-state index in [-0.39, 0.29) is 12.0 Å². The first-order chi connectivity index (χ1) is 9.55.